The van der Waals surface area contributed by atoms with Crippen LogP contribution < -0.4 is 15.8 Å². The number of nitrogens with zero attached hydrogens (tertiary/aromatic N) is 2. The summed E-state index contributed by atoms with van der Waals surface area (Å²) in [5.74, 6) is 0.306. The molecule has 0 aliphatic heterocycles. The minimum absolute atomic E-state index is 0.149. The Kier molecular flexibility index (Phi) is 3.60. The van der Waals surface area contributed by atoms with Crippen LogP contribution in [0.3, 0.4) is 0 Å². The third-order valence-corrected chi connectivity index (χ3v) is 3.02. The minimum Gasteiger partial charge on any atom is -0.407 e. The zero-order chi connectivity index (χ0) is 12.3. The molecule has 0 radical (unpaired) electrons. The van der Waals surface area contributed by atoms with Gasteiger partial charge in [0.2, 0.25) is 15.9 Å². The number of sulfonamides is 1. The molecule has 0 spiro atoms. The van der Waals surface area contributed by atoms with Crippen LogP contribution in [0.15, 0.2) is 4.42 Å². The zero-order valence-electron chi connectivity index (χ0n) is 9.22. The first-order valence-corrected chi connectivity index (χ1v) is 7.04. The van der Waals surface area contributed by atoms with Crippen molar-refractivity contribution in [3.8, 4) is 0 Å². The first kappa shape index (κ1) is 12.3. The molecule has 0 atom stereocenters. The third kappa shape index (κ3) is 4.67. The molecule has 17 heavy (non-hydrogen) atoms. The van der Waals surface area contributed by atoms with Crippen LogP contribution in [0.1, 0.15) is 18.7 Å². The second kappa shape index (κ2) is 4.98. The zero-order valence-corrected chi connectivity index (χ0v) is 10.0. The van der Waals surface area contributed by atoms with Crippen molar-refractivity contribution in [2.75, 3.05) is 17.6 Å². The number of primary sulfonamides is 1. The van der Waals surface area contributed by atoms with Gasteiger partial charge in [0.1, 0.15) is 0 Å². The summed E-state index contributed by atoms with van der Waals surface area (Å²) < 4.78 is 26.6. The molecule has 1 aliphatic carbocycles. The molecule has 4 N–H and O–H groups in total. The van der Waals surface area contributed by atoms with Gasteiger partial charge in [-0.15, -0.1) is 5.10 Å². The molecule has 1 aromatic heterocycles. The Hall–Kier alpha value is -1.19. The molecule has 2 rings (SSSR count). The monoisotopic (exact) mass is 261 g/mol. The van der Waals surface area contributed by atoms with E-state index in [9.17, 15) is 8.42 Å². The summed E-state index contributed by atoms with van der Waals surface area (Å²) in [7, 11) is -3.47. The molecule has 0 unspecified atom stereocenters. The summed E-state index contributed by atoms with van der Waals surface area (Å²) in [5.41, 5.74) is 0. The van der Waals surface area contributed by atoms with Crippen molar-refractivity contribution >= 4 is 16.0 Å². The number of nitrogens with one attached hydrogen (secondary N) is 2. The fraction of sp³-hybridized carbons (Fsp3) is 0.750. The smallest absolute Gasteiger partial charge is 0.315 e. The Bertz CT molecular complexity index is 467. The highest BCUT2D eigenvalue weighted by Gasteiger charge is 2.21. The van der Waals surface area contributed by atoms with Gasteiger partial charge >= 0.3 is 6.01 Å². The highest BCUT2D eigenvalue weighted by molar-refractivity contribution is 7.89. The lowest BCUT2D eigenvalue weighted by molar-refractivity contribution is 0.476. The van der Waals surface area contributed by atoms with E-state index in [1.165, 1.54) is 12.8 Å². The average Bonchev–Trinajstić information content (AvgIpc) is 2.95. The Balaban J connectivity index is 1.73. The second-order valence-corrected chi connectivity index (χ2v) is 5.68. The van der Waals surface area contributed by atoms with Crippen LogP contribution in [0.5, 0.6) is 0 Å². The largest absolute Gasteiger partial charge is 0.407 e. The molecule has 1 aromatic rings. The van der Waals surface area contributed by atoms with Crippen molar-refractivity contribution in [2.45, 2.75) is 25.4 Å². The summed E-state index contributed by atoms with van der Waals surface area (Å²) in [6.45, 7) is 0.686. The highest BCUT2D eigenvalue weighted by atomic mass is 32.2. The summed E-state index contributed by atoms with van der Waals surface area (Å²) in [4.78, 5) is 0. The Labute approximate surface area is 99.0 Å². The van der Waals surface area contributed by atoms with Crippen LogP contribution in [0.4, 0.5) is 6.01 Å². The molecule has 1 saturated carbocycles. The topological polar surface area (TPSA) is 123 Å². The molecule has 9 heteroatoms. The third-order valence-electron chi connectivity index (χ3n) is 2.25. The molecule has 8 nitrogen and oxygen atoms in total. The number of hydrogen-bond donors (Lipinski definition) is 3. The van der Waals surface area contributed by atoms with E-state index in [1.807, 2.05) is 0 Å². The van der Waals surface area contributed by atoms with E-state index in [0.29, 0.717) is 18.5 Å². The van der Waals surface area contributed by atoms with Crippen LogP contribution in [0, 0.1) is 0 Å². The van der Waals surface area contributed by atoms with E-state index >= 15 is 0 Å². The number of anilines is 1. The van der Waals surface area contributed by atoms with Crippen LogP contribution in [-0.4, -0.2) is 37.0 Å². The molecule has 0 amide bonds. The normalized spacial score (nSPS) is 16.1. The van der Waals surface area contributed by atoms with E-state index in [2.05, 4.69) is 20.8 Å². The lowest BCUT2D eigenvalue weighted by Gasteiger charge is -1.99. The predicted octanol–water partition coefficient (Wildman–Crippen LogP) is -0.978. The summed E-state index contributed by atoms with van der Waals surface area (Å²) in [6, 6.07) is 0.780. The summed E-state index contributed by atoms with van der Waals surface area (Å²) >= 11 is 0. The van der Waals surface area contributed by atoms with Crippen LogP contribution in [-0.2, 0) is 16.6 Å². The van der Waals surface area contributed by atoms with Crippen LogP contribution in [0.25, 0.3) is 0 Å². The van der Waals surface area contributed by atoms with Crippen molar-refractivity contribution in [3.05, 3.63) is 5.89 Å². The van der Waals surface area contributed by atoms with Gasteiger partial charge in [0.15, 0.2) is 0 Å². The maximum Gasteiger partial charge on any atom is 0.315 e. The van der Waals surface area contributed by atoms with Crippen LogP contribution >= 0.6 is 0 Å². The average molecular weight is 261 g/mol. The Morgan fingerprint density at radius 1 is 1.41 bits per heavy atom. The molecule has 96 valence electrons. The Morgan fingerprint density at radius 3 is 2.82 bits per heavy atom. The number of rotatable bonds is 7. The summed E-state index contributed by atoms with van der Waals surface area (Å²) in [5, 5.41) is 18.3. The highest BCUT2D eigenvalue weighted by Crippen LogP contribution is 2.19. The van der Waals surface area contributed by atoms with Crippen molar-refractivity contribution < 1.29 is 12.8 Å². The molecule has 0 saturated heterocycles. The molecule has 1 fully saturated rings. The first-order chi connectivity index (χ1) is 8.03. The second-order valence-electron chi connectivity index (χ2n) is 3.95. The lowest BCUT2D eigenvalue weighted by Crippen LogP contribution is -2.22. The van der Waals surface area contributed by atoms with Crippen molar-refractivity contribution in [1.82, 2.24) is 15.5 Å². The molecule has 1 heterocycles. The van der Waals surface area contributed by atoms with E-state index in [-0.39, 0.29) is 18.3 Å². The molecule has 0 aromatic carbocycles. The van der Waals surface area contributed by atoms with E-state index in [1.54, 1.807) is 0 Å². The van der Waals surface area contributed by atoms with Crippen LogP contribution in [0.2, 0.25) is 0 Å². The van der Waals surface area contributed by atoms with Crippen molar-refractivity contribution in [1.29, 1.82) is 0 Å². The fourth-order valence-corrected chi connectivity index (χ4v) is 1.60. The van der Waals surface area contributed by atoms with E-state index in [0.717, 1.165) is 0 Å². The fourth-order valence-electron chi connectivity index (χ4n) is 1.22. The Morgan fingerprint density at radius 2 is 2.18 bits per heavy atom. The van der Waals surface area contributed by atoms with Gasteiger partial charge in [0, 0.05) is 12.6 Å². The quantitative estimate of drug-likeness (QED) is 0.576. The molecule has 0 bridgehead atoms. The van der Waals surface area contributed by atoms with Gasteiger partial charge in [0.05, 0.1) is 12.3 Å². The van der Waals surface area contributed by atoms with Gasteiger partial charge < -0.3 is 15.1 Å². The van der Waals surface area contributed by atoms with Gasteiger partial charge in [-0.2, -0.15) is 0 Å². The van der Waals surface area contributed by atoms with Crippen molar-refractivity contribution in [2.24, 2.45) is 5.14 Å². The minimum atomic E-state index is -3.47. The standard InChI is InChI=1S/C8H15N5O3S/c9-17(14,15)4-3-10-8-13-12-7(16-8)5-11-6-1-2-6/h6,11H,1-5H2,(H,10,13)(H2,9,14,15). The SMILES string of the molecule is NS(=O)(=O)CCNc1nnc(CNC2CC2)o1. The number of aromatic nitrogens is 2. The van der Waals surface area contributed by atoms with Gasteiger partial charge in [-0.1, -0.05) is 5.10 Å². The van der Waals surface area contributed by atoms with Gasteiger partial charge in [-0.25, -0.2) is 13.6 Å². The van der Waals surface area contributed by atoms with Gasteiger partial charge in [0.25, 0.3) is 0 Å². The van der Waals surface area contributed by atoms with Gasteiger partial charge in [-0.3, -0.25) is 0 Å². The first-order valence-electron chi connectivity index (χ1n) is 5.33. The predicted molar refractivity (Wildman–Crippen MR) is 60.6 cm³/mol. The molecular weight excluding hydrogens is 246 g/mol. The number of hydrogen-bond acceptors (Lipinski definition) is 7. The summed E-state index contributed by atoms with van der Waals surface area (Å²) in [6.07, 6.45) is 2.38. The number of nitrogens with two attached hydrogens (primary N) is 1. The maximum absolute atomic E-state index is 10.7. The van der Waals surface area contributed by atoms with E-state index in [4.69, 9.17) is 9.56 Å². The lowest BCUT2D eigenvalue weighted by atomic mass is 10.6. The molecule has 1 aliphatic rings. The maximum atomic E-state index is 10.7. The van der Waals surface area contributed by atoms with Crippen molar-refractivity contribution in [3.63, 3.8) is 0 Å². The molecular formula is C8H15N5O3S. The van der Waals surface area contributed by atoms with Gasteiger partial charge in [-0.05, 0) is 12.8 Å². The van der Waals surface area contributed by atoms with E-state index < -0.39 is 10.0 Å².